The lowest BCUT2D eigenvalue weighted by Crippen LogP contribution is -2.22. The van der Waals surface area contributed by atoms with Crippen LogP contribution in [0.1, 0.15) is 16.1 Å². The maximum absolute atomic E-state index is 12.1. The van der Waals surface area contributed by atoms with Gasteiger partial charge in [-0.05, 0) is 48.5 Å². The zero-order valence-corrected chi connectivity index (χ0v) is 13.7. The molecule has 0 aliphatic heterocycles. The number of halogens is 1. The average Bonchev–Trinajstić information content (AvgIpc) is 3.09. The van der Waals surface area contributed by atoms with E-state index in [1.807, 2.05) is 24.3 Å². The van der Waals surface area contributed by atoms with Gasteiger partial charge in [-0.3, -0.25) is 4.79 Å². The predicted molar refractivity (Wildman–Crippen MR) is 91.1 cm³/mol. The Hall–Kier alpha value is -2.79. The van der Waals surface area contributed by atoms with Crippen molar-refractivity contribution in [1.82, 2.24) is 10.5 Å². The molecule has 0 spiro atoms. The van der Waals surface area contributed by atoms with Crippen molar-refractivity contribution in [2.45, 2.75) is 6.54 Å². The summed E-state index contributed by atoms with van der Waals surface area (Å²) in [6.07, 6.45) is 0. The Morgan fingerprint density at radius 3 is 2.54 bits per heavy atom. The second-order valence-electron chi connectivity index (χ2n) is 5.10. The highest BCUT2D eigenvalue weighted by Gasteiger charge is 2.09. The Balaban J connectivity index is 1.63. The van der Waals surface area contributed by atoms with E-state index in [0.29, 0.717) is 22.0 Å². The van der Waals surface area contributed by atoms with E-state index in [9.17, 15) is 4.79 Å². The summed E-state index contributed by atoms with van der Waals surface area (Å²) in [6, 6.07) is 15.9. The van der Waals surface area contributed by atoms with Crippen molar-refractivity contribution in [3.63, 3.8) is 0 Å². The third-order valence-electron chi connectivity index (χ3n) is 3.47. The minimum absolute atomic E-state index is 0.194. The van der Waals surface area contributed by atoms with Crippen LogP contribution < -0.4 is 10.1 Å². The number of nitrogens with one attached hydrogen (secondary N) is 1. The molecular weight excluding hydrogens is 328 g/mol. The van der Waals surface area contributed by atoms with Gasteiger partial charge < -0.3 is 14.6 Å². The van der Waals surface area contributed by atoms with Crippen LogP contribution in [0.5, 0.6) is 5.75 Å². The summed E-state index contributed by atoms with van der Waals surface area (Å²) in [4.78, 5) is 12.1. The molecular formula is C18H15ClN2O3. The van der Waals surface area contributed by atoms with Crippen LogP contribution in [0.4, 0.5) is 0 Å². The highest BCUT2D eigenvalue weighted by atomic mass is 35.5. The molecule has 0 unspecified atom stereocenters. The van der Waals surface area contributed by atoms with Gasteiger partial charge >= 0.3 is 0 Å². The molecule has 0 fully saturated rings. The van der Waals surface area contributed by atoms with Crippen molar-refractivity contribution in [3.8, 4) is 17.1 Å². The molecule has 2 aromatic carbocycles. The summed E-state index contributed by atoms with van der Waals surface area (Å²) in [5.74, 6) is 1.21. The average molecular weight is 343 g/mol. The van der Waals surface area contributed by atoms with Crippen molar-refractivity contribution in [2.24, 2.45) is 0 Å². The number of methoxy groups -OCH3 is 1. The van der Waals surface area contributed by atoms with E-state index in [1.165, 1.54) is 0 Å². The van der Waals surface area contributed by atoms with Crippen LogP contribution in [0, 0.1) is 0 Å². The van der Waals surface area contributed by atoms with Gasteiger partial charge in [-0.25, -0.2) is 0 Å². The van der Waals surface area contributed by atoms with Crippen LogP contribution in [-0.2, 0) is 6.54 Å². The number of aromatic nitrogens is 1. The largest absolute Gasteiger partial charge is 0.497 e. The molecule has 6 heteroatoms. The number of nitrogens with zero attached hydrogens (tertiary/aromatic N) is 1. The van der Waals surface area contributed by atoms with E-state index >= 15 is 0 Å². The highest BCUT2D eigenvalue weighted by Crippen LogP contribution is 2.23. The molecule has 0 radical (unpaired) electrons. The van der Waals surface area contributed by atoms with Gasteiger partial charge in [-0.1, -0.05) is 16.8 Å². The number of ether oxygens (including phenoxy) is 1. The van der Waals surface area contributed by atoms with E-state index in [-0.39, 0.29) is 12.5 Å². The van der Waals surface area contributed by atoms with Gasteiger partial charge in [-0.15, -0.1) is 0 Å². The van der Waals surface area contributed by atoms with Crippen molar-refractivity contribution >= 4 is 17.5 Å². The van der Waals surface area contributed by atoms with Crippen LogP contribution >= 0.6 is 11.6 Å². The molecule has 1 N–H and O–H groups in total. The van der Waals surface area contributed by atoms with E-state index in [4.69, 9.17) is 20.9 Å². The number of rotatable bonds is 5. The summed E-state index contributed by atoms with van der Waals surface area (Å²) in [6.45, 7) is 0.279. The maximum Gasteiger partial charge on any atom is 0.251 e. The van der Waals surface area contributed by atoms with Gasteiger partial charge in [0.25, 0.3) is 5.91 Å². The Morgan fingerprint density at radius 1 is 1.17 bits per heavy atom. The second kappa shape index (κ2) is 7.19. The molecule has 5 nitrogen and oxygen atoms in total. The first-order valence-corrected chi connectivity index (χ1v) is 7.67. The van der Waals surface area contributed by atoms with Crippen LogP contribution in [0.3, 0.4) is 0 Å². The molecule has 0 aliphatic rings. The Bertz CT molecular complexity index is 826. The molecule has 1 amide bonds. The zero-order valence-electron chi connectivity index (χ0n) is 13.0. The number of hydrogen-bond donors (Lipinski definition) is 1. The predicted octanol–water partition coefficient (Wildman–Crippen LogP) is 3.93. The van der Waals surface area contributed by atoms with Crippen molar-refractivity contribution in [3.05, 3.63) is 70.9 Å². The van der Waals surface area contributed by atoms with Gasteiger partial charge in [-0.2, -0.15) is 0 Å². The number of benzene rings is 2. The third-order valence-corrected chi connectivity index (χ3v) is 3.72. The Morgan fingerprint density at radius 2 is 1.88 bits per heavy atom. The van der Waals surface area contributed by atoms with Gasteiger partial charge in [0.05, 0.1) is 13.7 Å². The lowest BCUT2D eigenvalue weighted by atomic mass is 10.1. The first-order valence-electron chi connectivity index (χ1n) is 7.29. The molecule has 1 aromatic heterocycles. The summed E-state index contributed by atoms with van der Waals surface area (Å²) >= 11 is 5.81. The van der Waals surface area contributed by atoms with Gasteiger partial charge in [0, 0.05) is 22.2 Å². The first-order chi connectivity index (χ1) is 11.7. The van der Waals surface area contributed by atoms with Gasteiger partial charge in [0.15, 0.2) is 5.76 Å². The molecule has 0 bridgehead atoms. The number of amides is 1. The molecule has 24 heavy (non-hydrogen) atoms. The molecule has 3 aromatic rings. The summed E-state index contributed by atoms with van der Waals surface area (Å²) in [7, 11) is 1.62. The molecule has 0 aliphatic carbocycles. The smallest absolute Gasteiger partial charge is 0.251 e. The fourth-order valence-corrected chi connectivity index (χ4v) is 2.29. The van der Waals surface area contributed by atoms with Crippen LogP contribution in [0.25, 0.3) is 11.3 Å². The monoisotopic (exact) mass is 342 g/mol. The third kappa shape index (κ3) is 3.75. The van der Waals surface area contributed by atoms with E-state index < -0.39 is 0 Å². The molecule has 0 saturated heterocycles. The summed E-state index contributed by atoms with van der Waals surface area (Å²) in [5.41, 5.74) is 2.07. The molecule has 0 saturated carbocycles. The van der Waals surface area contributed by atoms with Gasteiger partial charge in [0.1, 0.15) is 11.4 Å². The minimum Gasteiger partial charge on any atom is -0.497 e. The highest BCUT2D eigenvalue weighted by molar-refractivity contribution is 6.30. The van der Waals surface area contributed by atoms with E-state index in [0.717, 1.165) is 11.3 Å². The minimum atomic E-state index is -0.194. The van der Waals surface area contributed by atoms with Crippen molar-refractivity contribution in [1.29, 1.82) is 0 Å². The first kappa shape index (κ1) is 16.1. The number of hydrogen-bond acceptors (Lipinski definition) is 4. The summed E-state index contributed by atoms with van der Waals surface area (Å²) < 4.78 is 10.4. The summed E-state index contributed by atoms with van der Waals surface area (Å²) in [5, 5.41) is 7.36. The van der Waals surface area contributed by atoms with Crippen molar-refractivity contribution in [2.75, 3.05) is 7.11 Å². The van der Waals surface area contributed by atoms with E-state index in [1.54, 1.807) is 37.4 Å². The molecule has 1 heterocycles. The van der Waals surface area contributed by atoms with E-state index in [2.05, 4.69) is 10.5 Å². The van der Waals surface area contributed by atoms with Gasteiger partial charge in [0.2, 0.25) is 0 Å². The van der Waals surface area contributed by atoms with Crippen LogP contribution in [0.15, 0.2) is 59.1 Å². The fraction of sp³-hybridized carbons (Fsp3) is 0.111. The zero-order chi connectivity index (χ0) is 16.9. The molecule has 122 valence electrons. The number of carbonyl (C=O) groups is 1. The topological polar surface area (TPSA) is 64.4 Å². The SMILES string of the molecule is COc1ccc(-c2cc(CNC(=O)c3ccc(Cl)cc3)no2)cc1. The fourth-order valence-electron chi connectivity index (χ4n) is 2.16. The Labute approximate surface area is 144 Å². The second-order valence-corrected chi connectivity index (χ2v) is 5.54. The van der Waals surface area contributed by atoms with Crippen molar-refractivity contribution < 1.29 is 14.1 Å². The van der Waals surface area contributed by atoms with Crippen LogP contribution in [0.2, 0.25) is 5.02 Å². The lowest BCUT2D eigenvalue weighted by molar-refractivity contribution is 0.0950. The standard InChI is InChI=1S/C18H15ClN2O3/c1-23-16-8-4-12(5-9-16)17-10-15(21-24-17)11-20-18(22)13-2-6-14(19)7-3-13/h2-10H,11H2,1H3,(H,20,22). The van der Waals surface area contributed by atoms with Crippen LogP contribution in [-0.4, -0.2) is 18.2 Å². The Kier molecular flexibility index (Phi) is 4.82. The quantitative estimate of drug-likeness (QED) is 0.763. The normalized spacial score (nSPS) is 10.4. The molecule has 3 rings (SSSR count). The lowest BCUT2D eigenvalue weighted by Gasteiger charge is -2.02. The molecule has 0 atom stereocenters. The number of carbonyl (C=O) groups excluding carboxylic acids is 1. The maximum atomic E-state index is 12.1.